The lowest BCUT2D eigenvalue weighted by Gasteiger charge is -2.13. The van der Waals surface area contributed by atoms with Crippen LogP contribution in [-0.4, -0.2) is 4.98 Å². The first-order chi connectivity index (χ1) is 10.8. The molecule has 3 nitrogen and oxygen atoms in total. The second-order valence-electron chi connectivity index (χ2n) is 5.26. The Morgan fingerprint density at radius 1 is 1.23 bits per heavy atom. The number of pyridine rings is 1. The van der Waals surface area contributed by atoms with Gasteiger partial charge in [-0.15, -0.1) is 0 Å². The monoisotopic (exact) mass is 309 g/mol. The largest absolute Gasteiger partial charge is 0.463 e. The fourth-order valence-electron chi connectivity index (χ4n) is 2.88. The molecule has 0 saturated heterocycles. The molecule has 1 aromatic carbocycles. The van der Waals surface area contributed by atoms with E-state index in [9.17, 15) is 4.79 Å². The summed E-state index contributed by atoms with van der Waals surface area (Å²) in [6, 6.07) is 7.34. The van der Waals surface area contributed by atoms with E-state index in [1.807, 2.05) is 18.2 Å². The number of allylic oxidation sites excluding steroid dienone is 1. The van der Waals surface area contributed by atoms with Crippen LogP contribution in [0.15, 0.2) is 52.0 Å². The van der Waals surface area contributed by atoms with Crippen LogP contribution in [0.3, 0.4) is 0 Å². The van der Waals surface area contributed by atoms with Crippen LogP contribution < -0.4 is 5.43 Å². The van der Waals surface area contributed by atoms with Crippen molar-refractivity contribution in [2.24, 2.45) is 0 Å². The summed E-state index contributed by atoms with van der Waals surface area (Å²) in [5.74, 6) is 0. The molecular formula is C18H12ClNO2. The van der Waals surface area contributed by atoms with E-state index in [0.717, 1.165) is 18.4 Å². The van der Waals surface area contributed by atoms with Gasteiger partial charge in [-0.2, -0.15) is 0 Å². The van der Waals surface area contributed by atoms with Gasteiger partial charge in [-0.3, -0.25) is 9.78 Å². The molecule has 108 valence electrons. The maximum Gasteiger partial charge on any atom is 0.202 e. The summed E-state index contributed by atoms with van der Waals surface area (Å²) in [4.78, 5) is 17.2. The van der Waals surface area contributed by atoms with E-state index < -0.39 is 0 Å². The van der Waals surface area contributed by atoms with E-state index in [2.05, 4.69) is 11.1 Å². The molecule has 1 aliphatic rings. The molecule has 22 heavy (non-hydrogen) atoms. The lowest BCUT2D eigenvalue weighted by Crippen LogP contribution is -2.09. The van der Waals surface area contributed by atoms with Gasteiger partial charge in [-0.1, -0.05) is 29.8 Å². The van der Waals surface area contributed by atoms with Crippen LogP contribution in [0.4, 0.5) is 0 Å². The first-order valence-electron chi connectivity index (χ1n) is 7.10. The Balaban J connectivity index is 2.08. The maximum absolute atomic E-state index is 13.0. The Bertz CT molecular complexity index is 972. The molecule has 0 radical (unpaired) electrons. The number of hydrogen-bond acceptors (Lipinski definition) is 3. The highest BCUT2D eigenvalue weighted by molar-refractivity contribution is 6.33. The molecule has 1 aliphatic carbocycles. The SMILES string of the molecule is O=c1c(-c2ncccc2Cl)coc2ccc3c(c12)C=CCC3. The third-order valence-corrected chi connectivity index (χ3v) is 4.26. The molecule has 4 rings (SSSR count). The summed E-state index contributed by atoms with van der Waals surface area (Å²) >= 11 is 6.17. The molecule has 0 aliphatic heterocycles. The smallest absolute Gasteiger partial charge is 0.202 e. The number of benzene rings is 1. The Morgan fingerprint density at radius 3 is 3.00 bits per heavy atom. The van der Waals surface area contributed by atoms with E-state index in [-0.39, 0.29) is 5.43 Å². The number of rotatable bonds is 1. The summed E-state index contributed by atoms with van der Waals surface area (Å²) in [6.07, 6.45) is 9.08. The van der Waals surface area contributed by atoms with Gasteiger partial charge in [0.1, 0.15) is 11.8 Å². The molecule has 0 bridgehead atoms. The zero-order valence-corrected chi connectivity index (χ0v) is 12.4. The van der Waals surface area contributed by atoms with Crippen molar-refractivity contribution < 1.29 is 4.42 Å². The quantitative estimate of drug-likeness (QED) is 0.666. The van der Waals surface area contributed by atoms with E-state index >= 15 is 0 Å². The van der Waals surface area contributed by atoms with Gasteiger partial charge in [-0.25, -0.2) is 0 Å². The van der Waals surface area contributed by atoms with Crippen LogP contribution in [0.5, 0.6) is 0 Å². The van der Waals surface area contributed by atoms with Gasteiger partial charge in [-0.05, 0) is 42.2 Å². The molecule has 0 atom stereocenters. The molecule has 0 spiro atoms. The molecule has 0 saturated carbocycles. The van der Waals surface area contributed by atoms with E-state index in [0.29, 0.717) is 27.2 Å². The van der Waals surface area contributed by atoms with Crippen molar-refractivity contribution >= 4 is 28.6 Å². The van der Waals surface area contributed by atoms with Crippen LogP contribution in [0.2, 0.25) is 5.02 Å². The molecular weight excluding hydrogens is 298 g/mol. The van der Waals surface area contributed by atoms with Crippen molar-refractivity contribution in [3.8, 4) is 11.3 Å². The van der Waals surface area contributed by atoms with Gasteiger partial charge in [0.25, 0.3) is 0 Å². The minimum absolute atomic E-state index is 0.0924. The number of fused-ring (bicyclic) bond motifs is 3. The summed E-state index contributed by atoms with van der Waals surface area (Å²) < 4.78 is 5.67. The van der Waals surface area contributed by atoms with Crippen LogP contribution in [0.25, 0.3) is 28.3 Å². The molecule has 0 unspecified atom stereocenters. The van der Waals surface area contributed by atoms with Crippen LogP contribution in [0, 0.1) is 0 Å². The average Bonchev–Trinajstić information content (AvgIpc) is 2.56. The van der Waals surface area contributed by atoms with Crippen LogP contribution in [-0.2, 0) is 6.42 Å². The standard InChI is InChI=1S/C18H12ClNO2/c19-14-6-3-9-20-17(14)13-10-22-15-8-7-11-4-1-2-5-12(11)16(15)18(13)21/h2-3,5-10H,1,4H2. The van der Waals surface area contributed by atoms with Crippen molar-refractivity contribution in [2.45, 2.75) is 12.8 Å². The third kappa shape index (κ3) is 1.97. The molecule has 0 fully saturated rings. The number of hydrogen-bond donors (Lipinski definition) is 0. The van der Waals surface area contributed by atoms with Gasteiger partial charge in [0, 0.05) is 6.20 Å². The van der Waals surface area contributed by atoms with Gasteiger partial charge in [0.2, 0.25) is 5.43 Å². The molecule has 4 heteroatoms. The lowest BCUT2D eigenvalue weighted by molar-refractivity contribution is 0.604. The van der Waals surface area contributed by atoms with Gasteiger partial charge < -0.3 is 4.42 Å². The third-order valence-electron chi connectivity index (χ3n) is 3.95. The molecule has 2 aromatic heterocycles. The summed E-state index contributed by atoms with van der Waals surface area (Å²) in [5.41, 5.74) is 3.47. The Hall–Kier alpha value is -2.39. The van der Waals surface area contributed by atoms with Crippen molar-refractivity contribution in [1.82, 2.24) is 4.98 Å². The van der Waals surface area contributed by atoms with Crippen LogP contribution >= 0.6 is 11.6 Å². The number of nitrogens with zero attached hydrogens (tertiary/aromatic N) is 1. The van der Waals surface area contributed by atoms with Gasteiger partial charge in [0.15, 0.2) is 0 Å². The Morgan fingerprint density at radius 2 is 2.14 bits per heavy atom. The zero-order valence-electron chi connectivity index (χ0n) is 11.7. The fraction of sp³-hybridized carbons (Fsp3) is 0.111. The van der Waals surface area contributed by atoms with Crippen LogP contribution in [0.1, 0.15) is 17.5 Å². The topological polar surface area (TPSA) is 43.1 Å². The zero-order chi connectivity index (χ0) is 15.1. The highest BCUT2D eigenvalue weighted by Gasteiger charge is 2.17. The highest BCUT2D eigenvalue weighted by Crippen LogP contribution is 2.29. The highest BCUT2D eigenvalue weighted by atomic mass is 35.5. The first kappa shape index (κ1) is 13.3. The second kappa shape index (κ2) is 5.11. The van der Waals surface area contributed by atoms with E-state index in [4.69, 9.17) is 16.0 Å². The number of aromatic nitrogens is 1. The average molecular weight is 310 g/mol. The normalized spacial score (nSPS) is 13.3. The second-order valence-corrected chi connectivity index (χ2v) is 5.67. The van der Waals surface area contributed by atoms with Gasteiger partial charge >= 0.3 is 0 Å². The van der Waals surface area contributed by atoms with Crippen molar-refractivity contribution in [1.29, 1.82) is 0 Å². The van der Waals surface area contributed by atoms with Gasteiger partial charge in [0.05, 0.1) is 21.7 Å². The Kier molecular flexibility index (Phi) is 3.09. The predicted molar refractivity (Wildman–Crippen MR) is 88.1 cm³/mol. The summed E-state index contributed by atoms with van der Waals surface area (Å²) in [7, 11) is 0. The molecule has 3 aromatic rings. The van der Waals surface area contributed by atoms with Crippen molar-refractivity contribution in [3.05, 3.63) is 69.2 Å². The van der Waals surface area contributed by atoms with E-state index in [1.54, 1.807) is 18.3 Å². The first-order valence-corrected chi connectivity index (χ1v) is 7.48. The lowest BCUT2D eigenvalue weighted by atomic mass is 9.93. The fourth-order valence-corrected chi connectivity index (χ4v) is 3.10. The summed E-state index contributed by atoms with van der Waals surface area (Å²) in [5, 5.41) is 1.04. The predicted octanol–water partition coefficient (Wildman–Crippen LogP) is 4.47. The molecule has 2 heterocycles. The molecule has 0 N–H and O–H groups in total. The van der Waals surface area contributed by atoms with Crippen molar-refractivity contribution in [2.75, 3.05) is 0 Å². The minimum Gasteiger partial charge on any atom is -0.463 e. The number of aryl methyl sites for hydroxylation is 1. The summed E-state index contributed by atoms with van der Waals surface area (Å²) in [6.45, 7) is 0. The maximum atomic E-state index is 13.0. The molecule has 0 amide bonds. The Labute approximate surface area is 131 Å². The van der Waals surface area contributed by atoms with Crippen molar-refractivity contribution in [3.63, 3.8) is 0 Å². The van der Waals surface area contributed by atoms with E-state index in [1.165, 1.54) is 11.8 Å². The number of halogens is 1. The minimum atomic E-state index is -0.0924.